The molecule has 0 heterocycles. The second-order valence-electron chi connectivity index (χ2n) is 5.85. The van der Waals surface area contributed by atoms with E-state index in [0.717, 1.165) is 24.3 Å². The second kappa shape index (κ2) is 11.0. The molecule has 0 bridgehead atoms. The summed E-state index contributed by atoms with van der Waals surface area (Å²) in [6.07, 6.45) is 1.62. The molecule has 0 spiro atoms. The van der Waals surface area contributed by atoms with Crippen molar-refractivity contribution in [3.63, 3.8) is 0 Å². The van der Waals surface area contributed by atoms with Crippen LogP contribution in [0.3, 0.4) is 0 Å². The van der Waals surface area contributed by atoms with Gasteiger partial charge in [0.05, 0.1) is 12.3 Å². The van der Waals surface area contributed by atoms with E-state index in [-0.39, 0.29) is 6.61 Å². The molecule has 5 heteroatoms. The molecule has 0 aliphatic rings. The largest absolute Gasteiger partial charge is 0.491 e. The Balaban J connectivity index is 2.39. The van der Waals surface area contributed by atoms with E-state index < -0.39 is 6.10 Å². The fraction of sp³-hybridized carbons (Fsp3) is 0.611. The van der Waals surface area contributed by atoms with Gasteiger partial charge in [-0.25, -0.2) is 4.99 Å². The normalized spacial score (nSPS) is 13.2. The number of ether oxygens (including phenoxy) is 2. The van der Waals surface area contributed by atoms with Crippen molar-refractivity contribution in [2.75, 3.05) is 19.8 Å². The first kappa shape index (κ1) is 19.5. The Bertz CT molecular complexity index is 458. The highest BCUT2D eigenvalue weighted by atomic mass is 16.5. The van der Waals surface area contributed by atoms with Gasteiger partial charge in [-0.05, 0) is 30.7 Å². The van der Waals surface area contributed by atoms with Gasteiger partial charge >= 0.3 is 0 Å². The molecule has 0 fully saturated rings. The number of hydrogen-bond acceptors (Lipinski definition) is 5. The maximum absolute atomic E-state index is 9.81. The van der Waals surface area contributed by atoms with Crippen LogP contribution in [-0.4, -0.2) is 42.9 Å². The molecule has 0 saturated heterocycles. The number of aliphatic hydroxyl groups excluding tert-OH is 1. The van der Waals surface area contributed by atoms with Gasteiger partial charge < -0.3 is 19.9 Å². The number of unbranched alkanes of at least 4 members (excludes halogenated alkanes) is 1. The molecule has 130 valence electrons. The summed E-state index contributed by atoms with van der Waals surface area (Å²) in [5.41, 5.74) is 0.827. The molecule has 2 N–H and O–H groups in total. The topological polar surface area (TPSA) is 63.1 Å². The van der Waals surface area contributed by atoms with Crippen LogP contribution < -0.4 is 10.1 Å². The van der Waals surface area contributed by atoms with Crippen molar-refractivity contribution < 1.29 is 14.6 Å². The zero-order valence-electron chi connectivity index (χ0n) is 14.7. The quantitative estimate of drug-likeness (QED) is 0.394. The maximum Gasteiger partial charge on any atom is 0.185 e. The molecule has 1 rings (SSSR count). The van der Waals surface area contributed by atoms with Crippen molar-refractivity contribution in [1.82, 2.24) is 5.32 Å². The lowest BCUT2D eigenvalue weighted by atomic mass is 10.3. The number of benzene rings is 1. The minimum Gasteiger partial charge on any atom is -0.491 e. The van der Waals surface area contributed by atoms with Crippen LogP contribution in [0.1, 0.15) is 40.5 Å². The highest BCUT2D eigenvalue weighted by Gasteiger charge is 2.06. The molecule has 1 aromatic carbocycles. The highest BCUT2D eigenvalue weighted by Crippen LogP contribution is 2.18. The van der Waals surface area contributed by atoms with Gasteiger partial charge in [0.2, 0.25) is 0 Å². The van der Waals surface area contributed by atoms with E-state index in [2.05, 4.69) is 17.2 Å². The Morgan fingerprint density at radius 1 is 1.26 bits per heavy atom. The predicted molar refractivity (Wildman–Crippen MR) is 94.7 cm³/mol. The zero-order chi connectivity index (χ0) is 17.1. The van der Waals surface area contributed by atoms with E-state index in [0.29, 0.717) is 25.1 Å². The van der Waals surface area contributed by atoms with Crippen molar-refractivity contribution in [3.8, 4) is 5.75 Å². The summed E-state index contributed by atoms with van der Waals surface area (Å²) in [7, 11) is 0. The number of hydrogen-bond donors (Lipinski definition) is 2. The molecule has 0 radical (unpaired) electrons. The maximum atomic E-state index is 9.81. The van der Waals surface area contributed by atoms with E-state index in [4.69, 9.17) is 9.47 Å². The Morgan fingerprint density at radius 2 is 1.96 bits per heavy atom. The van der Waals surface area contributed by atoms with Crippen molar-refractivity contribution in [2.24, 2.45) is 4.99 Å². The molecule has 1 atom stereocenters. The van der Waals surface area contributed by atoms with Crippen LogP contribution in [0.15, 0.2) is 29.3 Å². The number of aliphatic imine (C=N–C) groups is 1. The molecule has 5 nitrogen and oxygen atoms in total. The van der Waals surface area contributed by atoms with Crippen LogP contribution in [0.25, 0.3) is 0 Å². The van der Waals surface area contributed by atoms with Gasteiger partial charge in [0.25, 0.3) is 0 Å². The predicted octanol–water partition coefficient (Wildman–Crippen LogP) is 3.29. The lowest BCUT2D eigenvalue weighted by Crippen LogP contribution is -2.35. The van der Waals surface area contributed by atoms with Crippen molar-refractivity contribution in [2.45, 2.75) is 52.7 Å². The summed E-state index contributed by atoms with van der Waals surface area (Å²) in [6.45, 7) is 9.56. The minimum absolute atomic E-state index is 0.265. The summed E-state index contributed by atoms with van der Waals surface area (Å²) in [5, 5.41) is 13.0. The Labute approximate surface area is 139 Å². The van der Waals surface area contributed by atoms with Crippen LogP contribution >= 0.6 is 0 Å². The first-order chi connectivity index (χ1) is 11.0. The van der Waals surface area contributed by atoms with Gasteiger partial charge in [-0.1, -0.05) is 27.2 Å². The number of nitrogens with one attached hydrogen (secondary N) is 1. The summed E-state index contributed by atoms with van der Waals surface area (Å²) < 4.78 is 11.1. The zero-order valence-corrected chi connectivity index (χ0v) is 14.7. The average Bonchev–Trinajstić information content (AvgIpc) is 2.52. The molecule has 0 aromatic heterocycles. The fourth-order valence-electron chi connectivity index (χ4n) is 1.82. The third-order valence-corrected chi connectivity index (χ3v) is 3.14. The molecule has 0 aliphatic heterocycles. The Morgan fingerprint density at radius 3 is 2.57 bits per heavy atom. The van der Waals surface area contributed by atoms with Crippen molar-refractivity contribution in [3.05, 3.63) is 24.3 Å². The Kier molecular flexibility index (Phi) is 9.33. The van der Waals surface area contributed by atoms with Crippen LogP contribution in [-0.2, 0) is 4.74 Å². The molecule has 23 heavy (non-hydrogen) atoms. The van der Waals surface area contributed by atoms with Crippen LogP contribution in [0.2, 0.25) is 0 Å². The second-order valence-corrected chi connectivity index (χ2v) is 5.85. The third-order valence-electron chi connectivity index (χ3n) is 3.14. The summed E-state index contributed by atoms with van der Waals surface area (Å²) in [6, 6.07) is 7.80. The first-order valence-electron chi connectivity index (χ1n) is 8.33. The molecule has 0 amide bonds. The van der Waals surface area contributed by atoms with E-state index in [1.54, 1.807) is 0 Å². The average molecular weight is 322 g/mol. The monoisotopic (exact) mass is 322 g/mol. The van der Waals surface area contributed by atoms with Crippen LogP contribution in [0.5, 0.6) is 5.75 Å². The van der Waals surface area contributed by atoms with E-state index in [9.17, 15) is 5.11 Å². The van der Waals surface area contributed by atoms with Gasteiger partial charge in [0.15, 0.2) is 5.90 Å². The first-order valence-corrected chi connectivity index (χ1v) is 8.33. The molecular weight excluding hydrogens is 292 g/mol. The third kappa shape index (κ3) is 9.21. The number of rotatable bonds is 10. The van der Waals surface area contributed by atoms with E-state index in [1.807, 2.05) is 45.0 Å². The van der Waals surface area contributed by atoms with Gasteiger partial charge in [0.1, 0.15) is 18.5 Å². The number of nitrogens with zero attached hydrogens (tertiary/aromatic N) is 1. The van der Waals surface area contributed by atoms with Gasteiger partial charge in [-0.3, -0.25) is 0 Å². The molecule has 0 aliphatic carbocycles. The molecule has 1 aromatic rings. The van der Waals surface area contributed by atoms with Crippen LogP contribution in [0.4, 0.5) is 5.69 Å². The van der Waals surface area contributed by atoms with E-state index >= 15 is 0 Å². The SMILES string of the molecule is CCCCO/C(C)=N\c1ccc(OCC(O)CNC(C)C)cc1. The number of aliphatic hydroxyl groups is 1. The smallest absolute Gasteiger partial charge is 0.185 e. The van der Waals surface area contributed by atoms with E-state index in [1.165, 1.54) is 0 Å². The minimum atomic E-state index is -0.524. The summed E-state index contributed by atoms with van der Waals surface area (Å²) >= 11 is 0. The van der Waals surface area contributed by atoms with Crippen molar-refractivity contribution >= 4 is 11.6 Å². The molecule has 0 saturated carbocycles. The lowest BCUT2D eigenvalue weighted by Gasteiger charge is -2.15. The van der Waals surface area contributed by atoms with Gasteiger partial charge in [-0.15, -0.1) is 0 Å². The Hall–Kier alpha value is -1.59. The fourth-order valence-corrected chi connectivity index (χ4v) is 1.82. The molecular formula is C18H30N2O3. The summed E-state index contributed by atoms with van der Waals surface area (Å²) in [4.78, 5) is 4.40. The standard InChI is InChI=1S/C18H30N2O3/c1-5-6-11-22-15(4)20-16-7-9-18(10-8-16)23-13-17(21)12-19-14(2)3/h7-10,14,17,19,21H,5-6,11-13H2,1-4H3/b20-15-. The lowest BCUT2D eigenvalue weighted by molar-refractivity contribution is 0.104. The summed E-state index contributed by atoms with van der Waals surface area (Å²) in [5.74, 6) is 1.39. The van der Waals surface area contributed by atoms with Gasteiger partial charge in [-0.2, -0.15) is 0 Å². The molecule has 1 unspecified atom stereocenters. The van der Waals surface area contributed by atoms with Crippen molar-refractivity contribution in [1.29, 1.82) is 0 Å². The van der Waals surface area contributed by atoms with Crippen LogP contribution in [0, 0.1) is 0 Å². The van der Waals surface area contributed by atoms with Gasteiger partial charge in [0, 0.05) is 19.5 Å². The highest BCUT2D eigenvalue weighted by molar-refractivity contribution is 5.76.